The monoisotopic (exact) mass is 373 g/mol. The standard InChI is InChI=1S/C17H17N4O4S/c18-26(23,24)16-9-3-8-15(11-16)21-12-14(19-20-21)7-4-10-25-17(22)13-5-1-2-6-13/h1-3,5-6,8-9,11-12H,4,7,10H2,(H2,18,23,24). The van der Waals surface area contributed by atoms with E-state index in [0.29, 0.717) is 30.1 Å². The van der Waals surface area contributed by atoms with Gasteiger partial charge in [-0.1, -0.05) is 11.3 Å². The number of hydrogen-bond donors (Lipinski definition) is 1. The van der Waals surface area contributed by atoms with Gasteiger partial charge in [-0.3, -0.25) is 4.79 Å². The van der Waals surface area contributed by atoms with Gasteiger partial charge in [-0.25, -0.2) is 18.2 Å². The lowest BCUT2D eigenvalue weighted by Gasteiger charge is -2.07. The Kier molecular flexibility index (Phi) is 5.67. The van der Waals surface area contributed by atoms with Gasteiger partial charge in [-0.15, -0.1) is 5.10 Å². The number of sulfonamides is 1. The number of carbonyl (C=O) groups excluding carboxylic acids is 1. The first-order chi connectivity index (χ1) is 12.4. The van der Waals surface area contributed by atoms with Crippen molar-refractivity contribution >= 4 is 16.0 Å². The summed E-state index contributed by atoms with van der Waals surface area (Å²) in [6.45, 7) is 0.276. The number of benzene rings is 1. The maximum absolute atomic E-state index is 11.7. The SMILES string of the molecule is NS(=O)(=O)c1cccc(-n2cc(CCCOC(=O)[C]3[CH][CH][CH][CH]3)nn2)c1. The summed E-state index contributed by atoms with van der Waals surface area (Å²) in [4.78, 5) is 11.7. The molecule has 1 saturated carbocycles. The number of nitrogens with two attached hydrogens (primary N) is 1. The number of ether oxygens (including phenoxy) is 1. The van der Waals surface area contributed by atoms with E-state index in [0.717, 1.165) is 0 Å². The Morgan fingerprint density at radius 1 is 1.23 bits per heavy atom. The van der Waals surface area contributed by atoms with Crippen LogP contribution in [0.15, 0.2) is 35.4 Å². The van der Waals surface area contributed by atoms with Gasteiger partial charge >= 0.3 is 5.97 Å². The van der Waals surface area contributed by atoms with Crippen LogP contribution in [0.3, 0.4) is 0 Å². The van der Waals surface area contributed by atoms with E-state index < -0.39 is 10.0 Å². The van der Waals surface area contributed by atoms with E-state index in [2.05, 4.69) is 10.3 Å². The van der Waals surface area contributed by atoms with E-state index in [1.54, 1.807) is 44.0 Å². The lowest BCUT2D eigenvalue weighted by Crippen LogP contribution is -2.14. The summed E-state index contributed by atoms with van der Waals surface area (Å²) in [5.41, 5.74) is 1.24. The Labute approximate surface area is 152 Å². The highest BCUT2D eigenvalue weighted by atomic mass is 32.2. The Bertz CT molecular complexity index is 872. The van der Waals surface area contributed by atoms with Crippen LogP contribution in [0.2, 0.25) is 0 Å². The number of esters is 1. The average molecular weight is 373 g/mol. The predicted octanol–water partition coefficient (Wildman–Crippen LogP) is 0.796. The molecule has 1 aliphatic carbocycles. The zero-order chi connectivity index (χ0) is 18.6. The molecule has 3 rings (SSSR count). The van der Waals surface area contributed by atoms with Crippen molar-refractivity contribution in [1.82, 2.24) is 15.0 Å². The van der Waals surface area contributed by atoms with Gasteiger partial charge in [0.2, 0.25) is 10.0 Å². The third kappa shape index (κ3) is 4.67. The molecule has 1 heterocycles. The molecule has 0 spiro atoms. The largest absolute Gasteiger partial charge is 0.465 e. The lowest BCUT2D eigenvalue weighted by atomic mass is 10.1. The molecule has 9 heteroatoms. The molecule has 1 aromatic heterocycles. The molecule has 0 atom stereocenters. The molecule has 5 radical (unpaired) electrons. The number of rotatable bonds is 7. The second-order valence-electron chi connectivity index (χ2n) is 5.61. The predicted molar refractivity (Wildman–Crippen MR) is 92.5 cm³/mol. The van der Waals surface area contributed by atoms with Gasteiger partial charge in [0.15, 0.2) is 0 Å². The van der Waals surface area contributed by atoms with Gasteiger partial charge in [0.1, 0.15) is 0 Å². The fraction of sp³-hybridized carbons (Fsp3) is 0.176. The molecule has 26 heavy (non-hydrogen) atoms. The van der Waals surface area contributed by atoms with Gasteiger partial charge in [0.25, 0.3) is 0 Å². The Balaban J connectivity index is 1.53. The molecule has 2 aromatic rings. The van der Waals surface area contributed by atoms with E-state index in [4.69, 9.17) is 9.88 Å². The molecule has 1 aromatic carbocycles. The van der Waals surface area contributed by atoms with Gasteiger partial charge in [0, 0.05) is 0 Å². The van der Waals surface area contributed by atoms with E-state index in [1.165, 1.54) is 16.8 Å². The molecule has 0 unspecified atom stereocenters. The normalized spacial score (nSPS) is 15.3. The fourth-order valence-corrected chi connectivity index (χ4v) is 2.91. The first kappa shape index (κ1) is 18.5. The molecule has 8 nitrogen and oxygen atoms in total. The first-order valence-electron chi connectivity index (χ1n) is 7.87. The molecular formula is C17H17N4O4S. The minimum atomic E-state index is -3.78. The zero-order valence-corrected chi connectivity index (χ0v) is 14.6. The van der Waals surface area contributed by atoms with Crippen molar-refractivity contribution in [2.24, 2.45) is 5.14 Å². The van der Waals surface area contributed by atoms with Crippen molar-refractivity contribution in [2.45, 2.75) is 17.7 Å². The van der Waals surface area contributed by atoms with Crippen molar-refractivity contribution in [2.75, 3.05) is 6.61 Å². The molecule has 0 bridgehead atoms. The van der Waals surface area contributed by atoms with Crippen molar-refractivity contribution in [1.29, 1.82) is 0 Å². The molecule has 135 valence electrons. The van der Waals surface area contributed by atoms with Crippen molar-refractivity contribution in [3.63, 3.8) is 0 Å². The second kappa shape index (κ2) is 7.96. The number of aryl methyl sites for hydroxylation is 1. The number of nitrogens with zero attached hydrogens (tertiary/aromatic N) is 3. The Morgan fingerprint density at radius 3 is 2.73 bits per heavy atom. The third-order valence-electron chi connectivity index (χ3n) is 3.66. The summed E-state index contributed by atoms with van der Waals surface area (Å²) in [5, 5.41) is 13.2. The van der Waals surface area contributed by atoms with Gasteiger partial charge in [0.05, 0.1) is 35.0 Å². The topological polar surface area (TPSA) is 117 Å². The van der Waals surface area contributed by atoms with Crippen molar-refractivity contribution in [3.8, 4) is 5.69 Å². The lowest BCUT2D eigenvalue weighted by molar-refractivity contribution is -0.140. The Morgan fingerprint density at radius 2 is 2.00 bits per heavy atom. The summed E-state index contributed by atoms with van der Waals surface area (Å²) in [6, 6.07) is 6.13. The highest BCUT2D eigenvalue weighted by molar-refractivity contribution is 7.89. The molecule has 2 N–H and O–H groups in total. The van der Waals surface area contributed by atoms with E-state index in [-0.39, 0.29) is 17.5 Å². The summed E-state index contributed by atoms with van der Waals surface area (Å²) < 4.78 is 29.5. The van der Waals surface area contributed by atoms with Crippen LogP contribution in [0, 0.1) is 31.6 Å². The fourth-order valence-electron chi connectivity index (χ4n) is 2.35. The summed E-state index contributed by atoms with van der Waals surface area (Å²) in [7, 11) is -3.78. The minimum Gasteiger partial charge on any atom is -0.465 e. The van der Waals surface area contributed by atoms with Crippen LogP contribution >= 0.6 is 0 Å². The van der Waals surface area contributed by atoms with Crippen LogP contribution in [0.25, 0.3) is 5.69 Å². The minimum absolute atomic E-state index is 0.00599. The van der Waals surface area contributed by atoms with E-state index in [9.17, 15) is 13.2 Å². The van der Waals surface area contributed by atoms with E-state index in [1.807, 2.05) is 0 Å². The van der Waals surface area contributed by atoms with Crippen LogP contribution < -0.4 is 5.14 Å². The number of primary sulfonamides is 1. The molecule has 1 fully saturated rings. The maximum atomic E-state index is 11.7. The first-order valence-corrected chi connectivity index (χ1v) is 9.41. The van der Waals surface area contributed by atoms with Crippen LogP contribution in [0.1, 0.15) is 12.1 Å². The summed E-state index contributed by atoms with van der Waals surface area (Å²) in [5.74, 6) is 0.184. The molecule has 0 aliphatic heterocycles. The second-order valence-corrected chi connectivity index (χ2v) is 7.17. The van der Waals surface area contributed by atoms with Gasteiger partial charge in [-0.2, -0.15) is 0 Å². The van der Waals surface area contributed by atoms with Crippen LogP contribution in [-0.4, -0.2) is 36.0 Å². The quantitative estimate of drug-likeness (QED) is 0.566. The Hall–Kier alpha value is -2.26. The maximum Gasteiger partial charge on any atom is 0.313 e. The van der Waals surface area contributed by atoms with Crippen LogP contribution in [-0.2, 0) is 26.0 Å². The third-order valence-corrected chi connectivity index (χ3v) is 4.57. The highest BCUT2D eigenvalue weighted by Gasteiger charge is 2.25. The average Bonchev–Trinajstić information content (AvgIpc) is 3.30. The van der Waals surface area contributed by atoms with Crippen LogP contribution in [0.4, 0.5) is 0 Å². The van der Waals surface area contributed by atoms with Gasteiger partial charge in [-0.05, 0) is 56.7 Å². The summed E-state index contributed by atoms with van der Waals surface area (Å²) >= 11 is 0. The number of aromatic nitrogens is 3. The highest BCUT2D eigenvalue weighted by Crippen LogP contribution is 2.24. The van der Waals surface area contributed by atoms with Crippen molar-refractivity contribution in [3.05, 3.63) is 67.8 Å². The molecule has 0 saturated heterocycles. The molecular weight excluding hydrogens is 356 g/mol. The number of hydrogen-bond acceptors (Lipinski definition) is 6. The van der Waals surface area contributed by atoms with Crippen LogP contribution in [0.5, 0.6) is 0 Å². The summed E-state index contributed by atoms with van der Waals surface area (Å²) in [6.07, 6.45) is 9.82. The number of carbonyl (C=O) groups is 1. The zero-order valence-electron chi connectivity index (χ0n) is 13.8. The van der Waals surface area contributed by atoms with Gasteiger partial charge < -0.3 is 4.74 Å². The van der Waals surface area contributed by atoms with Crippen molar-refractivity contribution < 1.29 is 17.9 Å². The molecule has 0 amide bonds. The van der Waals surface area contributed by atoms with E-state index >= 15 is 0 Å². The smallest absolute Gasteiger partial charge is 0.313 e. The molecule has 1 aliphatic rings.